The normalized spacial score (nSPS) is 11.2. The van der Waals surface area contributed by atoms with Crippen LogP contribution in [-0.4, -0.2) is 30.0 Å². The zero-order valence-corrected chi connectivity index (χ0v) is 17.4. The lowest BCUT2D eigenvalue weighted by Gasteiger charge is -2.09. The number of aromatic nitrogens is 2. The van der Waals surface area contributed by atoms with Crippen LogP contribution in [0.1, 0.15) is 11.1 Å². The minimum absolute atomic E-state index is 0.0148. The summed E-state index contributed by atoms with van der Waals surface area (Å²) in [7, 11) is -4.01. The van der Waals surface area contributed by atoms with Crippen molar-refractivity contribution < 1.29 is 13.2 Å². The van der Waals surface area contributed by atoms with Crippen molar-refractivity contribution in [1.82, 2.24) is 9.97 Å². The highest BCUT2D eigenvalue weighted by molar-refractivity contribution is 7.99. The fourth-order valence-corrected chi connectivity index (χ4v) is 4.79. The second kappa shape index (κ2) is 8.62. The summed E-state index contributed by atoms with van der Waals surface area (Å²) >= 11 is 1.01. The Balaban J connectivity index is 1.76. The highest BCUT2D eigenvalue weighted by atomic mass is 32.2. The first kappa shape index (κ1) is 20.8. The van der Waals surface area contributed by atoms with Gasteiger partial charge in [0.25, 0.3) is 5.56 Å². The molecule has 150 valence electrons. The molecule has 1 heterocycles. The number of hydrogen-bond acceptors (Lipinski definition) is 6. The molecule has 3 aromatic rings. The molecule has 1 amide bonds. The maximum Gasteiger partial charge on any atom is 0.270 e. The van der Waals surface area contributed by atoms with E-state index >= 15 is 0 Å². The van der Waals surface area contributed by atoms with Crippen molar-refractivity contribution in [3.63, 3.8) is 0 Å². The first-order valence-corrected chi connectivity index (χ1v) is 11.1. The van der Waals surface area contributed by atoms with Crippen LogP contribution in [0, 0.1) is 13.8 Å². The number of thioether (sulfide) groups is 1. The molecule has 2 N–H and O–H groups in total. The van der Waals surface area contributed by atoms with Gasteiger partial charge >= 0.3 is 0 Å². The standard InChI is InChI=1S/C20H19N3O4S2/c1-13-8-9-14(2)16(10-13)29(26,27)17-11-21-20(23-19(17)25)28-12-18(24)22-15-6-4-3-5-7-15/h3-11H,12H2,1-2H3,(H,22,24)(H,21,23,25). The molecule has 29 heavy (non-hydrogen) atoms. The number of carbonyl (C=O) groups excluding carboxylic acids is 1. The van der Waals surface area contributed by atoms with Gasteiger partial charge < -0.3 is 10.3 Å². The quantitative estimate of drug-likeness (QED) is 0.461. The van der Waals surface area contributed by atoms with Crippen LogP contribution in [0.15, 0.2) is 74.5 Å². The summed E-state index contributed by atoms with van der Waals surface area (Å²) < 4.78 is 25.8. The smallest absolute Gasteiger partial charge is 0.270 e. The third-order valence-electron chi connectivity index (χ3n) is 4.06. The van der Waals surface area contributed by atoms with E-state index in [4.69, 9.17) is 0 Å². The Morgan fingerprint density at radius 1 is 1.10 bits per heavy atom. The number of nitrogens with one attached hydrogen (secondary N) is 2. The number of aryl methyl sites for hydroxylation is 2. The number of carbonyl (C=O) groups is 1. The minimum Gasteiger partial charge on any atom is -0.325 e. The third-order valence-corrected chi connectivity index (χ3v) is 6.84. The summed E-state index contributed by atoms with van der Waals surface area (Å²) in [6.45, 7) is 3.45. The summed E-state index contributed by atoms with van der Waals surface area (Å²) in [5.41, 5.74) is 1.21. The lowest BCUT2D eigenvalue weighted by Crippen LogP contribution is -2.20. The van der Waals surface area contributed by atoms with Gasteiger partial charge in [-0.25, -0.2) is 13.4 Å². The van der Waals surface area contributed by atoms with E-state index in [1.165, 1.54) is 6.07 Å². The lowest BCUT2D eigenvalue weighted by molar-refractivity contribution is -0.113. The van der Waals surface area contributed by atoms with Crippen LogP contribution in [0.4, 0.5) is 5.69 Å². The molecule has 0 aliphatic carbocycles. The number of H-pyrrole nitrogens is 1. The molecule has 1 aromatic heterocycles. The van der Waals surface area contributed by atoms with Crippen LogP contribution in [0.5, 0.6) is 0 Å². The average Bonchev–Trinajstić information content (AvgIpc) is 2.69. The molecule has 0 saturated heterocycles. The van der Waals surface area contributed by atoms with Gasteiger partial charge in [-0.1, -0.05) is 42.1 Å². The number of nitrogens with zero attached hydrogens (tertiary/aromatic N) is 1. The van der Waals surface area contributed by atoms with Crippen LogP contribution >= 0.6 is 11.8 Å². The molecule has 0 unspecified atom stereocenters. The second-order valence-corrected chi connectivity index (χ2v) is 9.21. The molecule has 0 atom stereocenters. The molecule has 0 bridgehead atoms. The van der Waals surface area contributed by atoms with Gasteiger partial charge in [0.15, 0.2) is 10.1 Å². The molecule has 3 rings (SSSR count). The van der Waals surface area contributed by atoms with Gasteiger partial charge in [0.05, 0.1) is 16.8 Å². The number of aromatic amines is 1. The molecular formula is C20H19N3O4S2. The molecular weight excluding hydrogens is 410 g/mol. The van der Waals surface area contributed by atoms with E-state index in [1.807, 2.05) is 6.07 Å². The molecule has 0 aliphatic heterocycles. The molecule has 0 saturated carbocycles. The second-order valence-electron chi connectivity index (χ2n) is 6.36. The maximum absolute atomic E-state index is 12.9. The number of benzene rings is 2. The van der Waals surface area contributed by atoms with E-state index in [-0.39, 0.29) is 21.7 Å². The van der Waals surface area contributed by atoms with Crippen LogP contribution in [0.2, 0.25) is 0 Å². The highest BCUT2D eigenvalue weighted by Crippen LogP contribution is 2.23. The fraction of sp³-hybridized carbons (Fsp3) is 0.150. The molecule has 0 radical (unpaired) electrons. The van der Waals surface area contributed by atoms with Gasteiger partial charge in [-0.3, -0.25) is 9.59 Å². The summed E-state index contributed by atoms with van der Waals surface area (Å²) in [6, 6.07) is 14.0. The lowest BCUT2D eigenvalue weighted by atomic mass is 10.2. The Bertz CT molecular complexity index is 1210. The van der Waals surface area contributed by atoms with Crippen LogP contribution in [0.25, 0.3) is 0 Å². The Labute approximate surface area is 172 Å². The number of sulfone groups is 1. The van der Waals surface area contributed by atoms with E-state index in [0.29, 0.717) is 11.3 Å². The SMILES string of the molecule is Cc1ccc(C)c(S(=O)(=O)c2cnc(SCC(=O)Nc3ccccc3)[nH]c2=O)c1. The van der Waals surface area contributed by atoms with Crippen LogP contribution in [0.3, 0.4) is 0 Å². The van der Waals surface area contributed by atoms with Crippen molar-refractivity contribution in [2.75, 3.05) is 11.1 Å². The van der Waals surface area contributed by atoms with Crippen molar-refractivity contribution in [1.29, 1.82) is 0 Å². The van der Waals surface area contributed by atoms with Crippen molar-refractivity contribution in [2.24, 2.45) is 0 Å². The van der Waals surface area contributed by atoms with Gasteiger partial charge in [-0.15, -0.1) is 0 Å². The van der Waals surface area contributed by atoms with Crippen LogP contribution < -0.4 is 10.9 Å². The third kappa shape index (κ3) is 4.93. The van der Waals surface area contributed by atoms with Gasteiger partial charge in [0, 0.05) is 5.69 Å². The highest BCUT2D eigenvalue weighted by Gasteiger charge is 2.24. The van der Waals surface area contributed by atoms with Crippen molar-refractivity contribution >= 4 is 33.2 Å². The first-order valence-electron chi connectivity index (χ1n) is 8.67. The summed E-state index contributed by atoms with van der Waals surface area (Å²) in [6.07, 6.45) is 1.04. The summed E-state index contributed by atoms with van der Waals surface area (Å²) in [5, 5.41) is 2.88. The predicted molar refractivity (Wildman–Crippen MR) is 112 cm³/mol. The minimum atomic E-state index is -4.01. The number of hydrogen-bond donors (Lipinski definition) is 2. The van der Waals surface area contributed by atoms with Crippen LogP contribution in [-0.2, 0) is 14.6 Å². The van der Waals surface area contributed by atoms with Gasteiger partial charge in [-0.2, -0.15) is 0 Å². The summed E-state index contributed by atoms with van der Waals surface area (Å²) in [4.78, 5) is 30.5. The topological polar surface area (TPSA) is 109 Å². The monoisotopic (exact) mass is 429 g/mol. The number of para-hydroxylation sites is 1. The fourth-order valence-electron chi connectivity index (χ4n) is 2.60. The molecule has 0 spiro atoms. The van der Waals surface area contributed by atoms with Crippen molar-refractivity contribution in [3.8, 4) is 0 Å². The van der Waals surface area contributed by atoms with Crippen molar-refractivity contribution in [2.45, 2.75) is 28.8 Å². The Morgan fingerprint density at radius 3 is 2.52 bits per heavy atom. The zero-order valence-electron chi connectivity index (χ0n) is 15.8. The van der Waals surface area contributed by atoms with Gasteiger partial charge in [0.2, 0.25) is 15.7 Å². The first-order chi connectivity index (χ1) is 13.8. The number of amides is 1. The zero-order chi connectivity index (χ0) is 21.0. The summed E-state index contributed by atoms with van der Waals surface area (Å²) in [5.74, 6) is -0.253. The predicted octanol–water partition coefficient (Wildman–Crippen LogP) is 2.95. The largest absolute Gasteiger partial charge is 0.325 e. The number of rotatable bonds is 6. The molecule has 0 aliphatic rings. The Hall–Kier alpha value is -2.91. The van der Waals surface area contributed by atoms with E-state index < -0.39 is 20.3 Å². The van der Waals surface area contributed by atoms with E-state index in [2.05, 4.69) is 15.3 Å². The van der Waals surface area contributed by atoms with E-state index in [0.717, 1.165) is 23.5 Å². The van der Waals surface area contributed by atoms with E-state index in [1.54, 1.807) is 50.2 Å². The molecule has 9 heteroatoms. The Morgan fingerprint density at radius 2 is 1.83 bits per heavy atom. The maximum atomic E-state index is 12.9. The molecule has 0 fully saturated rings. The molecule has 7 nitrogen and oxygen atoms in total. The van der Waals surface area contributed by atoms with Gasteiger partial charge in [-0.05, 0) is 43.2 Å². The molecule has 2 aromatic carbocycles. The number of anilines is 1. The Kier molecular flexibility index (Phi) is 6.19. The van der Waals surface area contributed by atoms with E-state index in [9.17, 15) is 18.0 Å². The van der Waals surface area contributed by atoms with Gasteiger partial charge in [0.1, 0.15) is 0 Å². The van der Waals surface area contributed by atoms with Crippen molar-refractivity contribution in [3.05, 3.63) is 76.2 Å². The average molecular weight is 430 g/mol.